The van der Waals surface area contributed by atoms with Crippen LogP contribution in [0, 0.1) is 30.9 Å². The Morgan fingerprint density at radius 2 is 1.92 bits per heavy atom. The molecule has 252 valence electrons. The summed E-state index contributed by atoms with van der Waals surface area (Å²) >= 11 is 0. The molecule has 9 rings (SSSR count). The van der Waals surface area contributed by atoms with Crippen LogP contribution in [0.3, 0.4) is 0 Å². The van der Waals surface area contributed by atoms with E-state index in [1.165, 1.54) is 24.3 Å². The number of hydrogen-bond donors (Lipinski definition) is 2. The molecule has 0 unspecified atom stereocenters. The number of terminal acetylenes is 1. The molecule has 0 aliphatic carbocycles. The summed E-state index contributed by atoms with van der Waals surface area (Å²) in [5, 5.41) is 16.0. The maximum absolute atomic E-state index is 17.5. The molecule has 12 heteroatoms. The Balaban J connectivity index is 1.29. The minimum Gasteiger partial charge on any atom is -0.508 e. The van der Waals surface area contributed by atoms with Gasteiger partial charge in [0, 0.05) is 47.9 Å². The van der Waals surface area contributed by atoms with E-state index in [9.17, 15) is 13.9 Å². The number of anilines is 1. The van der Waals surface area contributed by atoms with Crippen molar-refractivity contribution in [2.24, 2.45) is 0 Å². The molecule has 0 radical (unpaired) electrons. The van der Waals surface area contributed by atoms with E-state index >= 15 is 8.78 Å². The highest BCUT2D eigenvalue weighted by Gasteiger charge is 2.57. The smallest absolute Gasteiger partial charge is 0.319 e. The predicted molar refractivity (Wildman–Crippen MR) is 177 cm³/mol. The van der Waals surface area contributed by atoms with Crippen LogP contribution in [0.2, 0.25) is 0 Å². The van der Waals surface area contributed by atoms with Crippen LogP contribution < -0.4 is 15.0 Å². The molecule has 4 fully saturated rings. The summed E-state index contributed by atoms with van der Waals surface area (Å²) in [5.41, 5.74) is -0.750. The molecule has 0 saturated carbocycles. The normalized spacial score (nSPS) is 24.7. The van der Waals surface area contributed by atoms with E-state index in [2.05, 4.69) is 21.1 Å². The molecular formula is C37H33F4N5O3. The summed E-state index contributed by atoms with van der Waals surface area (Å²) in [4.78, 5) is 13.4. The number of aryl methyl sites for hydroxylation is 1. The van der Waals surface area contributed by atoms with Crippen LogP contribution in [-0.2, 0) is 0 Å². The lowest BCUT2D eigenvalue weighted by Gasteiger charge is -2.34. The number of phenolic OH excluding ortho intramolecular Hbond substituents is 1. The lowest BCUT2D eigenvalue weighted by molar-refractivity contribution is 0.00803. The summed E-state index contributed by atoms with van der Waals surface area (Å²) in [7, 11) is 0. The second-order valence-electron chi connectivity index (χ2n) is 14.1. The number of phenols is 1. The van der Waals surface area contributed by atoms with Crippen molar-refractivity contribution in [3.8, 4) is 35.2 Å². The number of fused-ring (bicyclic) bond motifs is 7. The fraction of sp³-hybridized carbons (Fsp3) is 0.405. The van der Waals surface area contributed by atoms with Gasteiger partial charge in [-0.15, -0.1) is 6.42 Å². The van der Waals surface area contributed by atoms with Gasteiger partial charge in [-0.05, 0) is 68.8 Å². The number of ether oxygens (including phenoxy) is 1. The summed E-state index contributed by atoms with van der Waals surface area (Å²) in [6, 6.07) is 7.57. The monoisotopic (exact) mass is 671 g/mol. The van der Waals surface area contributed by atoms with Gasteiger partial charge in [-0.1, -0.05) is 12.0 Å². The van der Waals surface area contributed by atoms with Crippen LogP contribution in [0.5, 0.6) is 11.8 Å². The highest BCUT2D eigenvalue weighted by Crippen LogP contribution is 2.48. The average molecular weight is 672 g/mol. The minimum atomic E-state index is -2.83. The highest BCUT2D eigenvalue weighted by molar-refractivity contribution is 6.18. The van der Waals surface area contributed by atoms with Crippen molar-refractivity contribution in [3.05, 3.63) is 53.3 Å². The number of rotatable bonds is 5. The number of halogens is 4. The van der Waals surface area contributed by atoms with Gasteiger partial charge in [0.2, 0.25) is 0 Å². The lowest BCUT2D eigenvalue weighted by Crippen LogP contribution is -2.51. The number of benzene rings is 3. The standard InChI is InChI=1S/C37H33F4N5O3/c1-3-24-27(38)8-5-20-12-23(47)13-25(28(20)24)29-31(39)32-30(26-11-19(2)49-33(26)29)34(45-14-21-6-7-22(15-45)42-21)44-35(43-32)48-18-36-9-4-10-46(36)17-37(40,41)16-36/h1,5,8,11-13,21-22,42,47H,4,6-7,9-10,14-18H2,2H3/t21-,22+,36-/m0/s1. The molecule has 5 aromatic rings. The number of aromatic hydroxyl groups is 1. The zero-order chi connectivity index (χ0) is 33.8. The topological polar surface area (TPSA) is 86.9 Å². The SMILES string of the molecule is C#Cc1c(F)ccc2cc(O)cc(-c3c(F)c4nc(OC[C@@]56CCCN5CC(F)(F)C6)nc(N5C[C@H]6CC[C@@H](C5)N6)c4c4cc(C)oc34)c12. The van der Waals surface area contributed by atoms with E-state index in [1.807, 2.05) is 0 Å². The van der Waals surface area contributed by atoms with Gasteiger partial charge in [-0.2, -0.15) is 9.97 Å². The van der Waals surface area contributed by atoms with E-state index < -0.39 is 23.1 Å². The number of alkyl halides is 2. The van der Waals surface area contributed by atoms with Crippen molar-refractivity contribution in [2.45, 2.75) is 62.6 Å². The molecule has 4 aliphatic heterocycles. The first kappa shape index (κ1) is 30.5. The Morgan fingerprint density at radius 1 is 1.12 bits per heavy atom. The molecule has 2 aromatic heterocycles. The maximum atomic E-state index is 17.5. The second-order valence-corrected chi connectivity index (χ2v) is 14.1. The Kier molecular flexibility index (Phi) is 6.65. The number of piperazine rings is 1. The Morgan fingerprint density at radius 3 is 2.69 bits per heavy atom. The molecule has 0 amide bonds. The largest absolute Gasteiger partial charge is 0.508 e. The van der Waals surface area contributed by atoms with Crippen molar-refractivity contribution in [3.63, 3.8) is 0 Å². The van der Waals surface area contributed by atoms with E-state index in [-0.39, 0.29) is 76.6 Å². The van der Waals surface area contributed by atoms with Gasteiger partial charge in [0.05, 0.1) is 28.6 Å². The van der Waals surface area contributed by atoms with Crippen molar-refractivity contribution < 1.29 is 31.8 Å². The van der Waals surface area contributed by atoms with Crippen molar-refractivity contribution in [2.75, 3.05) is 37.7 Å². The van der Waals surface area contributed by atoms with E-state index in [1.54, 1.807) is 17.9 Å². The lowest BCUT2D eigenvalue weighted by atomic mass is 9.91. The van der Waals surface area contributed by atoms with Crippen LogP contribution >= 0.6 is 0 Å². The fourth-order valence-corrected chi connectivity index (χ4v) is 8.88. The van der Waals surface area contributed by atoms with Crippen molar-refractivity contribution in [1.29, 1.82) is 0 Å². The molecule has 4 aliphatic rings. The summed E-state index contributed by atoms with van der Waals surface area (Å²) < 4.78 is 74.2. The van der Waals surface area contributed by atoms with Gasteiger partial charge in [-0.25, -0.2) is 17.6 Å². The molecule has 3 aromatic carbocycles. The summed E-state index contributed by atoms with van der Waals surface area (Å²) in [5.74, 6) is -1.12. The number of hydrogen-bond acceptors (Lipinski definition) is 8. The molecule has 4 saturated heterocycles. The molecule has 6 heterocycles. The predicted octanol–water partition coefficient (Wildman–Crippen LogP) is 6.66. The number of aromatic nitrogens is 2. The fourth-order valence-electron chi connectivity index (χ4n) is 8.88. The zero-order valence-electron chi connectivity index (χ0n) is 26.8. The van der Waals surface area contributed by atoms with Crippen LogP contribution in [0.15, 0.2) is 34.7 Å². The van der Waals surface area contributed by atoms with Crippen LogP contribution in [0.4, 0.5) is 23.4 Å². The Labute approximate surface area is 279 Å². The number of furan rings is 1. The van der Waals surface area contributed by atoms with Gasteiger partial charge < -0.3 is 24.5 Å². The first-order valence-electron chi connectivity index (χ1n) is 16.6. The highest BCUT2D eigenvalue weighted by atomic mass is 19.3. The van der Waals surface area contributed by atoms with Gasteiger partial charge in [0.15, 0.2) is 5.82 Å². The van der Waals surface area contributed by atoms with Crippen molar-refractivity contribution >= 4 is 38.5 Å². The quantitative estimate of drug-likeness (QED) is 0.159. The Hall–Kier alpha value is -4.60. The second kappa shape index (κ2) is 10.7. The third-order valence-electron chi connectivity index (χ3n) is 10.9. The third kappa shape index (κ3) is 4.73. The van der Waals surface area contributed by atoms with Crippen LogP contribution in [-0.4, -0.2) is 76.3 Å². The van der Waals surface area contributed by atoms with E-state index in [0.29, 0.717) is 53.8 Å². The molecule has 49 heavy (non-hydrogen) atoms. The average Bonchev–Trinajstić information content (AvgIpc) is 3.79. The first-order chi connectivity index (χ1) is 23.5. The minimum absolute atomic E-state index is 0.0504. The number of nitrogens with one attached hydrogen (secondary N) is 1. The first-order valence-corrected chi connectivity index (χ1v) is 16.6. The van der Waals surface area contributed by atoms with E-state index in [4.69, 9.17) is 20.6 Å². The molecule has 0 spiro atoms. The Bertz CT molecular complexity index is 2240. The van der Waals surface area contributed by atoms with Gasteiger partial charge in [0.25, 0.3) is 5.92 Å². The van der Waals surface area contributed by atoms with Gasteiger partial charge in [0.1, 0.15) is 40.9 Å². The molecule has 3 atom stereocenters. The van der Waals surface area contributed by atoms with Crippen molar-refractivity contribution in [1.82, 2.24) is 20.2 Å². The molecular weight excluding hydrogens is 638 g/mol. The zero-order valence-corrected chi connectivity index (χ0v) is 26.8. The summed E-state index contributed by atoms with van der Waals surface area (Å²) in [6.45, 7) is 3.15. The van der Waals surface area contributed by atoms with Crippen LogP contribution in [0.1, 0.15) is 43.4 Å². The maximum Gasteiger partial charge on any atom is 0.319 e. The van der Waals surface area contributed by atoms with Gasteiger partial charge >= 0.3 is 6.01 Å². The third-order valence-corrected chi connectivity index (χ3v) is 10.9. The van der Waals surface area contributed by atoms with Gasteiger partial charge in [-0.3, -0.25) is 4.90 Å². The summed E-state index contributed by atoms with van der Waals surface area (Å²) in [6.07, 6.45) is 8.77. The molecule has 2 N–H and O–H groups in total. The molecule has 2 bridgehead atoms. The van der Waals surface area contributed by atoms with Crippen LogP contribution in [0.25, 0.3) is 43.8 Å². The number of nitrogens with zero attached hydrogens (tertiary/aromatic N) is 4. The molecule has 8 nitrogen and oxygen atoms in total. The van der Waals surface area contributed by atoms with E-state index in [0.717, 1.165) is 19.3 Å².